The van der Waals surface area contributed by atoms with Crippen molar-refractivity contribution in [3.05, 3.63) is 0 Å². The number of piperidine rings is 1. The van der Waals surface area contributed by atoms with Crippen LogP contribution in [0.4, 0.5) is 0 Å². The molecule has 29 heavy (non-hydrogen) atoms. The number of hydrogen-bond donors (Lipinski definition) is 2. The fourth-order valence-electron chi connectivity index (χ4n) is 5.51. The van der Waals surface area contributed by atoms with Crippen molar-refractivity contribution >= 4 is 5.96 Å². The normalized spacial score (nSPS) is 28.5. The number of nitrogens with zero attached hydrogens (tertiary/aromatic N) is 2. The van der Waals surface area contributed by atoms with E-state index in [1.807, 2.05) is 7.05 Å². The molecule has 1 spiro atoms. The maximum absolute atomic E-state index is 6.11. The molecule has 2 N–H and O–H groups in total. The Balaban J connectivity index is 1.44. The largest absolute Gasteiger partial charge is 0.378 e. The fraction of sp³-hybridized carbons (Fsp3) is 0.957. The highest BCUT2D eigenvalue weighted by Gasteiger charge is 2.55. The summed E-state index contributed by atoms with van der Waals surface area (Å²) in [5, 5.41) is 7.49. The average Bonchev–Trinajstić information content (AvgIpc) is 2.73. The topological polar surface area (TPSA) is 58.1 Å². The van der Waals surface area contributed by atoms with Crippen LogP contribution in [0.2, 0.25) is 0 Å². The zero-order valence-corrected chi connectivity index (χ0v) is 19.2. The van der Waals surface area contributed by atoms with E-state index in [0.29, 0.717) is 29.7 Å². The smallest absolute Gasteiger partial charge is 0.191 e. The highest BCUT2D eigenvalue weighted by atomic mass is 16.5. The summed E-state index contributed by atoms with van der Waals surface area (Å²) in [6.45, 7) is 11.3. The first-order valence-corrected chi connectivity index (χ1v) is 12.0. The van der Waals surface area contributed by atoms with Gasteiger partial charge in [-0.25, -0.2) is 0 Å². The van der Waals surface area contributed by atoms with Crippen molar-refractivity contribution in [2.45, 2.75) is 96.4 Å². The zero-order chi connectivity index (χ0) is 20.7. The molecule has 0 bridgehead atoms. The zero-order valence-electron chi connectivity index (χ0n) is 19.2. The number of hydrogen-bond acceptors (Lipinski definition) is 4. The van der Waals surface area contributed by atoms with E-state index in [0.717, 1.165) is 45.2 Å². The predicted octanol–water partition coefficient (Wildman–Crippen LogP) is 3.17. The van der Waals surface area contributed by atoms with Gasteiger partial charge in [0.2, 0.25) is 0 Å². The van der Waals surface area contributed by atoms with E-state index in [4.69, 9.17) is 9.47 Å². The maximum atomic E-state index is 6.11. The van der Waals surface area contributed by atoms with E-state index in [1.165, 1.54) is 44.9 Å². The Kier molecular flexibility index (Phi) is 8.63. The summed E-state index contributed by atoms with van der Waals surface area (Å²) >= 11 is 0. The van der Waals surface area contributed by atoms with Gasteiger partial charge in [0.25, 0.3) is 0 Å². The molecule has 2 aliphatic carbocycles. The molecule has 0 aromatic carbocycles. The van der Waals surface area contributed by atoms with Crippen LogP contribution in [-0.2, 0) is 9.47 Å². The van der Waals surface area contributed by atoms with Crippen molar-refractivity contribution in [2.75, 3.05) is 39.9 Å². The third-order valence-corrected chi connectivity index (χ3v) is 7.26. The fourth-order valence-corrected chi connectivity index (χ4v) is 5.51. The molecule has 2 saturated carbocycles. The van der Waals surface area contributed by atoms with Crippen LogP contribution in [0.15, 0.2) is 4.99 Å². The molecule has 2 unspecified atom stereocenters. The molecular weight excluding hydrogens is 364 g/mol. The first-order chi connectivity index (χ1) is 14.1. The van der Waals surface area contributed by atoms with E-state index in [-0.39, 0.29) is 0 Å². The Hall–Kier alpha value is -0.850. The third-order valence-electron chi connectivity index (χ3n) is 7.26. The summed E-state index contributed by atoms with van der Waals surface area (Å²) in [6, 6.07) is 1.01. The van der Waals surface area contributed by atoms with Crippen molar-refractivity contribution in [2.24, 2.45) is 10.4 Å². The van der Waals surface area contributed by atoms with Crippen LogP contribution in [0.25, 0.3) is 0 Å². The number of nitrogens with one attached hydrogen (secondary N) is 2. The van der Waals surface area contributed by atoms with Crippen molar-refractivity contribution in [3.8, 4) is 0 Å². The number of rotatable bonds is 8. The summed E-state index contributed by atoms with van der Waals surface area (Å²) in [7, 11) is 1.90. The quantitative estimate of drug-likeness (QED) is 0.477. The molecule has 0 radical (unpaired) electrons. The molecule has 1 heterocycles. The Morgan fingerprint density at radius 3 is 2.48 bits per heavy atom. The lowest BCUT2D eigenvalue weighted by Gasteiger charge is -2.58. The first kappa shape index (κ1) is 22.8. The minimum Gasteiger partial charge on any atom is -0.378 e. The molecule has 3 fully saturated rings. The Bertz CT molecular complexity index is 511. The second-order valence-corrected chi connectivity index (χ2v) is 9.42. The van der Waals surface area contributed by atoms with E-state index in [1.54, 1.807) is 0 Å². The Morgan fingerprint density at radius 2 is 1.86 bits per heavy atom. The molecule has 0 amide bonds. The average molecular weight is 409 g/mol. The molecule has 0 aromatic heterocycles. The SMILES string of the molecule is CCOC1CC(NC(=NC)NC2CCN(CCOC(C)C)CC2)C12CCCCC2. The predicted molar refractivity (Wildman–Crippen MR) is 120 cm³/mol. The molecule has 1 saturated heterocycles. The third kappa shape index (κ3) is 5.86. The van der Waals surface area contributed by atoms with Gasteiger partial charge in [0.05, 0.1) is 18.8 Å². The van der Waals surface area contributed by atoms with Gasteiger partial charge < -0.3 is 25.0 Å². The summed E-state index contributed by atoms with van der Waals surface area (Å²) in [4.78, 5) is 7.08. The highest BCUT2D eigenvalue weighted by Crippen LogP contribution is 2.53. The van der Waals surface area contributed by atoms with Gasteiger partial charge in [0.1, 0.15) is 0 Å². The van der Waals surface area contributed by atoms with Crippen molar-refractivity contribution in [1.82, 2.24) is 15.5 Å². The molecule has 2 atom stereocenters. The lowest BCUT2D eigenvalue weighted by Crippen LogP contribution is -2.67. The van der Waals surface area contributed by atoms with Gasteiger partial charge in [-0.05, 0) is 52.9 Å². The second kappa shape index (κ2) is 11.0. The number of ether oxygens (including phenoxy) is 2. The maximum Gasteiger partial charge on any atom is 0.191 e. The minimum absolute atomic E-state index is 0.324. The van der Waals surface area contributed by atoms with Gasteiger partial charge in [-0.2, -0.15) is 0 Å². The van der Waals surface area contributed by atoms with Gasteiger partial charge in [-0.15, -0.1) is 0 Å². The van der Waals surface area contributed by atoms with Crippen LogP contribution in [-0.4, -0.2) is 75.0 Å². The molecule has 0 aromatic rings. The Labute approximate surface area is 178 Å². The Morgan fingerprint density at radius 1 is 1.14 bits per heavy atom. The van der Waals surface area contributed by atoms with Gasteiger partial charge in [0.15, 0.2) is 5.96 Å². The van der Waals surface area contributed by atoms with Crippen molar-refractivity contribution < 1.29 is 9.47 Å². The molecule has 3 rings (SSSR count). The van der Waals surface area contributed by atoms with Crippen LogP contribution < -0.4 is 10.6 Å². The number of aliphatic imine (C=N–C) groups is 1. The lowest BCUT2D eigenvalue weighted by molar-refractivity contribution is -0.145. The van der Waals surface area contributed by atoms with Gasteiger partial charge in [-0.1, -0.05) is 19.3 Å². The first-order valence-electron chi connectivity index (χ1n) is 12.0. The minimum atomic E-state index is 0.324. The van der Waals surface area contributed by atoms with Crippen molar-refractivity contribution in [1.29, 1.82) is 0 Å². The molecule has 3 aliphatic rings. The lowest BCUT2D eigenvalue weighted by atomic mass is 9.55. The molecule has 1 aliphatic heterocycles. The van der Waals surface area contributed by atoms with E-state index < -0.39 is 0 Å². The van der Waals surface area contributed by atoms with Gasteiger partial charge in [-0.3, -0.25) is 4.99 Å². The standard InChI is InChI=1S/C23H44N4O2/c1-5-28-21-17-20(23(21)11-7-6-8-12-23)26-22(24-4)25-19-9-13-27(14-10-19)15-16-29-18(2)3/h18-21H,5-17H2,1-4H3,(H2,24,25,26). The van der Waals surface area contributed by atoms with Crippen molar-refractivity contribution in [3.63, 3.8) is 0 Å². The summed E-state index contributed by atoms with van der Waals surface area (Å²) in [5.41, 5.74) is 0.325. The molecule has 6 nitrogen and oxygen atoms in total. The number of guanidine groups is 1. The summed E-state index contributed by atoms with van der Waals surface area (Å²) < 4.78 is 11.8. The summed E-state index contributed by atoms with van der Waals surface area (Å²) in [6.07, 6.45) is 10.8. The van der Waals surface area contributed by atoms with E-state index in [9.17, 15) is 0 Å². The summed E-state index contributed by atoms with van der Waals surface area (Å²) in [5.74, 6) is 0.983. The van der Waals surface area contributed by atoms with Crippen LogP contribution in [0.3, 0.4) is 0 Å². The van der Waals surface area contributed by atoms with Crippen LogP contribution >= 0.6 is 0 Å². The van der Waals surface area contributed by atoms with Gasteiger partial charge >= 0.3 is 0 Å². The molecule has 168 valence electrons. The van der Waals surface area contributed by atoms with E-state index >= 15 is 0 Å². The second-order valence-electron chi connectivity index (χ2n) is 9.42. The van der Waals surface area contributed by atoms with Crippen LogP contribution in [0, 0.1) is 5.41 Å². The number of likely N-dealkylation sites (tertiary alicyclic amines) is 1. The van der Waals surface area contributed by atoms with E-state index in [2.05, 4.69) is 41.3 Å². The van der Waals surface area contributed by atoms with Gasteiger partial charge in [0, 0.05) is 50.8 Å². The van der Waals surface area contributed by atoms with Crippen LogP contribution in [0.5, 0.6) is 0 Å². The molecule has 6 heteroatoms. The highest BCUT2D eigenvalue weighted by molar-refractivity contribution is 5.80. The molecular formula is C23H44N4O2. The monoisotopic (exact) mass is 408 g/mol. The van der Waals surface area contributed by atoms with Crippen LogP contribution in [0.1, 0.15) is 72.1 Å².